The van der Waals surface area contributed by atoms with Crippen molar-refractivity contribution >= 4 is 34.8 Å². The van der Waals surface area contributed by atoms with E-state index in [1.165, 1.54) is 19.3 Å². The quantitative estimate of drug-likeness (QED) is 0.638. The van der Waals surface area contributed by atoms with Crippen molar-refractivity contribution in [2.24, 2.45) is 0 Å². The first-order valence-corrected chi connectivity index (χ1v) is 10.0. The maximum Gasteiger partial charge on any atom is 0.238 e. The van der Waals surface area contributed by atoms with Crippen LogP contribution in [-0.4, -0.2) is 42.2 Å². The fourth-order valence-electron chi connectivity index (χ4n) is 2.93. The highest BCUT2D eigenvalue weighted by Gasteiger charge is 2.19. The summed E-state index contributed by atoms with van der Waals surface area (Å²) in [4.78, 5) is 11.9. The molecule has 1 aliphatic carbocycles. The summed E-state index contributed by atoms with van der Waals surface area (Å²) >= 11 is 0. The Balaban J connectivity index is 0.00000312. The Morgan fingerprint density at radius 3 is 2.76 bits per heavy atom. The summed E-state index contributed by atoms with van der Waals surface area (Å²) in [5, 5.41) is 6.22. The second kappa shape index (κ2) is 12.4. The van der Waals surface area contributed by atoms with Crippen LogP contribution < -0.4 is 10.6 Å². The summed E-state index contributed by atoms with van der Waals surface area (Å²) in [7, 11) is 0.805. The van der Waals surface area contributed by atoms with Gasteiger partial charge in [0.25, 0.3) is 0 Å². The Labute approximate surface area is 159 Å². The number of anilines is 1. The number of benzene rings is 1. The Morgan fingerprint density at radius 1 is 1.28 bits per heavy atom. The van der Waals surface area contributed by atoms with Crippen LogP contribution in [-0.2, 0) is 26.1 Å². The van der Waals surface area contributed by atoms with Gasteiger partial charge in [-0.15, -0.1) is 12.4 Å². The first-order valence-electron chi connectivity index (χ1n) is 8.64. The highest BCUT2D eigenvalue weighted by Crippen LogP contribution is 2.24. The minimum atomic E-state index is -0.825. The van der Waals surface area contributed by atoms with E-state index in [2.05, 4.69) is 10.6 Å². The molecule has 0 aromatic heterocycles. The lowest BCUT2D eigenvalue weighted by Gasteiger charge is -2.21. The normalized spacial score (nSPS) is 16.0. The average molecular weight is 389 g/mol. The number of carbonyl (C=O) groups excluding carboxylic acids is 1. The number of nitrogens with one attached hydrogen (secondary N) is 2. The number of hydrogen-bond donors (Lipinski definition) is 2. The zero-order chi connectivity index (χ0) is 17.2. The molecule has 1 saturated carbocycles. The average Bonchev–Trinajstić information content (AvgIpc) is 2.60. The minimum absolute atomic E-state index is 0. The van der Waals surface area contributed by atoms with E-state index < -0.39 is 10.8 Å². The van der Waals surface area contributed by atoms with Crippen molar-refractivity contribution in [3.63, 3.8) is 0 Å². The van der Waals surface area contributed by atoms with Gasteiger partial charge in [-0.2, -0.15) is 0 Å². The SMILES string of the molecule is COCCNCC(=O)Nc1cccc(CS(=O)C2CCCCC2)c1.Cl. The molecule has 0 aliphatic heterocycles. The topological polar surface area (TPSA) is 67.4 Å². The molecule has 142 valence electrons. The van der Waals surface area contributed by atoms with Crippen LogP contribution in [0.15, 0.2) is 24.3 Å². The molecule has 1 unspecified atom stereocenters. The molecule has 2 rings (SSSR count). The zero-order valence-corrected chi connectivity index (χ0v) is 16.4. The molecule has 1 aromatic rings. The summed E-state index contributed by atoms with van der Waals surface area (Å²) in [6, 6.07) is 7.67. The molecule has 0 heterocycles. The lowest BCUT2D eigenvalue weighted by Crippen LogP contribution is -2.30. The van der Waals surface area contributed by atoms with Crippen molar-refractivity contribution in [3.8, 4) is 0 Å². The summed E-state index contributed by atoms with van der Waals surface area (Å²) in [6.07, 6.45) is 5.82. The fraction of sp³-hybridized carbons (Fsp3) is 0.611. The molecule has 1 amide bonds. The Hall–Kier alpha value is -0.950. The Morgan fingerprint density at radius 2 is 2.04 bits per heavy atom. The van der Waals surface area contributed by atoms with Gasteiger partial charge in [-0.3, -0.25) is 9.00 Å². The first kappa shape index (κ1) is 22.1. The molecule has 7 heteroatoms. The van der Waals surface area contributed by atoms with Crippen molar-refractivity contribution in [3.05, 3.63) is 29.8 Å². The van der Waals surface area contributed by atoms with Crippen molar-refractivity contribution < 1.29 is 13.7 Å². The van der Waals surface area contributed by atoms with Gasteiger partial charge in [-0.1, -0.05) is 31.4 Å². The molecular formula is C18H29ClN2O3S. The maximum atomic E-state index is 12.5. The van der Waals surface area contributed by atoms with Gasteiger partial charge in [-0.05, 0) is 30.5 Å². The van der Waals surface area contributed by atoms with Gasteiger partial charge in [0.1, 0.15) is 0 Å². The molecule has 0 radical (unpaired) electrons. The third-order valence-corrected chi connectivity index (χ3v) is 6.04. The number of rotatable bonds is 9. The molecule has 0 saturated heterocycles. The molecule has 0 spiro atoms. The summed E-state index contributed by atoms with van der Waals surface area (Å²) in [6.45, 7) is 1.47. The molecule has 1 fully saturated rings. The number of hydrogen-bond acceptors (Lipinski definition) is 4. The van der Waals surface area contributed by atoms with Gasteiger partial charge in [0.15, 0.2) is 0 Å². The van der Waals surface area contributed by atoms with Crippen LogP contribution in [0.2, 0.25) is 0 Å². The van der Waals surface area contributed by atoms with Gasteiger partial charge in [0.05, 0.1) is 13.2 Å². The van der Waals surface area contributed by atoms with E-state index in [0.717, 1.165) is 24.1 Å². The van der Waals surface area contributed by atoms with E-state index in [9.17, 15) is 9.00 Å². The van der Waals surface area contributed by atoms with Gasteiger partial charge >= 0.3 is 0 Å². The summed E-state index contributed by atoms with van der Waals surface area (Å²) in [5.41, 5.74) is 1.77. The zero-order valence-electron chi connectivity index (χ0n) is 14.8. The second-order valence-corrected chi connectivity index (χ2v) is 7.92. The lowest BCUT2D eigenvalue weighted by atomic mass is 10.0. The lowest BCUT2D eigenvalue weighted by molar-refractivity contribution is -0.115. The monoisotopic (exact) mass is 388 g/mol. The first-order chi connectivity index (χ1) is 11.7. The van der Waals surface area contributed by atoms with Crippen LogP contribution in [0.4, 0.5) is 5.69 Å². The molecule has 2 N–H and O–H groups in total. The molecule has 5 nitrogen and oxygen atoms in total. The summed E-state index contributed by atoms with van der Waals surface area (Å²) in [5.74, 6) is 0.483. The van der Waals surface area contributed by atoms with Crippen LogP contribution in [0, 0.1) is 0 Å². The molecule has 1 aromatic carbocycles. The van der Waals surface area contributed by atoms with Crippen molar-refractivity contribution in [2.45, 2.75) is 43.1 Å². The number of amides is 1. The van der Waals surface area contributed by atoms with E-state index in [-0.39, 0.29) is 24.9 Å². The predicted octanol–water partition coefficient (Wildman–Crippen LogP) is 2.86. The van der Waals surface area contributed by atoms with Crippen molar-refractivity contribution in [1.82, 2.24) is 5.32 Å². The third kappa shape index (κ3) is 8.31. The van der Waals surface area contributed by atoms with Crippen molar-refractivity contribution in [1.29, 1.82) is 0 Å². The van der Waals surface area contributed by atoms with E-state index in [0.29, 0.717) is 24.2 Å². The largest absolute Gasteiger partial charge is 0.383 e. The predicted molar refractivity (Wildman–Crippen MR) is 106 cm³/mol. The number of halogens is 1. The van der Waals surface area contributed by atoms with E-state index in [1.807, 2.05) is 24.3 Å². The Kier molecular flexibility index (Phi) is 11.0. The molecule has 1 atom stereocenters. The highest BCUT2D eigenvalue weighted by molar-refractivity contribution is 7.84. The van der Waals surface area contributed by atoms with E-state index in [4.69, 9.17) is 4.74 Å². The smallest absolute Gasteiger partial charge is 0.238 e. The van der Waals surface area contributed by atoms with Gasteiger partial charge in [0.2, 0.25) is 5.91 Å². The van der Waals surface area contributed by atoms with Crippen LogP contribution in [0.3, 0.4) is 0 Å². The molecule has 25 heavy (non-hydrogen) atoms. The fourth-order valence-corrected chi connectivity index (χ4v) is 4.53. The maximum absolute atomic E-state index is 12.5. The van der Waals surface area contributed by atoms with Gasteiger partial charge < -0.3 is 15.4 Å². The van der Waals surface area contributed by atoms with Gasteiger partial charge in [0, 0.05) is 41.1 Å². The van der Waals surface area contributed by atoms with E-state index in [1.54, 1.807) is 7.11 Å². The van der Waals surface area contributed by atoms with Crippen LogP contribution >= 0.6 is 12.4 Å². The summed E-state index contributed by atoms with van der Waals surface area (Å²) < 4.78 is 17.4. The van der Waals surface area contributed by atoms with Crippen LogP contribution in [0.25, 0.3) is 0 Å². The highest BCUT2D eigenvalue weighted by atomic mass is 35.5. The van der Waals surface area contributed by atoms with Crippen molar-refractivity contribution in [2.75, 3.05) is 32.1 Å². The molecule has 1 aliphatic rings. The number of carbonyl (C=O) groups is 1. The molecular weight excluding hydrogens is 360 g/mol. The Bertz CT molecular complexity index is 551. The number of methoxy groups -OCH3 is 1. The third-order valence-electron chi connectivity index (χ3n) is 4.21. The standard InChI is InChI=1S/C18H28N2O3S.ClH/c1-23-11-10-19-13-18(21)20-16-7-5-6-15(12-16)14-24(22)17-8-3-2-4-9-17;/h5-7,12,17,19H,2-4,8-11,13-14H2,1H3,(H,20,21);1H. The van der Waals surface area contributed by atoms with Gasteiger partial charge in [-0.25, -0.2) is 0 Å². The second-order valence-electron chi connectivity index (χ2n) is 6.20. The van der Waals surface area contributed by atoms with E-state index >= 15 is 0 Å². The molecule has 0 bridgehead atoms. The van der Waals surface area contributed by atoms with Crippen LogP contribution in [0.5, 0.6) is 0 Å². The number of ether oxygens (including phenoxy) is 1. The van der Waals surface area contributed by atoms with Crippen LogP contribution in [0.1, 0.15) is 37.7 Å². The minimum Gasteiger partial charge on any atom is -0.383 e.